The van der Waals surface area contributed by atoms with Gasteiger partial charge in [0.15, 0.2) is 0 Å². The average molecular weight is 548 g/mol. The summed E-state index contributed by atoms with van der Waals surface area (Å²) in [6.45, 7) is 3.60. The number of phenols is 1. The van der Waals surface area contributed by atoms with Gasteiger partial charge in [-0.2, -0.15) is 11.8 Å². The third kappa shape index (κ3) is 9.26. The van der Waals surface area contributed by atoms with Crippen molar-refractivity contribution in [2.45, 2.75) is 26.4 Å². The van der Waals surface area contributed by atoms with E-state index in [1.807, 2.05) is 32.4 Å². The first kappa shape index (κ1) is 29.9. The molecule has 0 saturated heterocycles. The Morgan fingerprint density at radius 2 is 1.56 bits per heavy atom. The molecule has 0 amide bonds. The van der Waals surface area contributed by atoms with E-state index in [0.717, 1.165) is 11.1 Å². The molecule has 0 saturated carbocycles. The summed E-state index contributed by atoms with van der Waals surface area (Å²) in [6.07, 6.45) is 4.56. The van der Waals surface area contributed by atoms with E-state index in [-0.39, 0.29) is 23.3 Å². The zero-order valence-electron chi connectivity index (χ0n) is 19.1. The Hall–Kier alpha value is -2.12. The molecule has 3 aromatic rings. The van der Waals surface area contributed by atoms with Gasteiger partial charge in [0.2, 0.25) is 0 Å². The lowest BCUT2D eigenvalue weighted by atomic mass is 9.98. The maximum atomic E-state index is 13.4. The van der Waals surface area contributed by atoms with Crippen LogP contribution in [0.2, 0.25) is 15.1 Å². The highest BCUT2D eigenvalue weighted by Gasteiger charge is 2.13. The molecular formula is C25H26Cl3FO4S. The molecule has 0 aliphatic heterocycles. The van der Waals surface area contributed by atoms with E-state index < -0.39 is 5.82 Å². The molecule has 0 bridgehead atoms. The van der Waals surface area contributed by atoms with Gasteiger partial charge >= 0.3 is 0 Å². The second-order valence-corrected chi connectivity index (χ2v) is 9.24. The minimum atomic E-state index is -0.511. The lowest BCUT2D eigenvalue weighted by molar-refractivity contribution is -0.122. The maximum absolute atomic E-state index is 13.4. The number of ether oxygens (including phenoxy) is 1. The number of carbonyl (C=O) groups is 1. The summed E-state index contributed by atoms with van der Waals surface area (Å²) < 4.78 is 19.1. The number of rotatable bonds is 5. The normalized spacial score (nSPS) is 10.0. The third-order valence-corrected chi connectivity index (χ3v) is 5.12. The smallest absolute Gasteiger partial charge is 0.290 e. The minimum Gasteiger partial charge on any atom is -0.507 e. The Balaban J connectivity index is 0.000000872. The van der Waals surface area contributed by atoms with Crippen molar-refractivity contribution in [3.05, 3.63) is 80.5 Å². The summed E-state index contributed by atoms with van der Waals surface area (Å²) in [5, 5.41) is 18.1. The van der Waals surface area contributed by atoms with Crippen molar-refractivity contribution in [2.75, 3.05) is 12.5 Å². The summed E-state index contributed by atoms with van der Waals surface area (Å²) in [5.74, 6) is 0.175. The number of carboxylic acid groups (broad SMARTS) is 1. The van der Waals surface area contributed by atoms with E-state index in [9.17, 15) is 9.50 Å². The number of aromatic hydroxyl groups is 1. The van der Waals surface area contributed by atoms with E-state index >= 15 is 0 Å². The Labute approximate surface area is 218 Å². The molecule has 4 nitrogen and oxygen atoms in total. The third-order valence-electron chi connectivity index (χ3n) is 4.16. The summed E-state index contributed by atoms with van der Waals surface area (Å²) in [6, 6.07) is 13.0. The van der Waals surface area contributed by atoms with Crippen LogP contribution in [0, 0.1) is 5.82 Å². The van der Waals surface area contributed by atoms with Gasteiger partial charge < -0.3 is 14.9 Å². The second-order valence-electron chi connectivity index (χ2n) is 7.20. The first-order valence-electron chi connectivity index (χ1n) is 9.97. The van der Waals surface area contributed by atoms with Gasteiger partial charge in [0.05, 0.1) is 11.1 Å². The van der Waals surface area contributed by atoms with Crippen LogP contribution in [-0.4, -0.2) is 35.3 Å². The van der Waals surface area contributed by atoms with Crippen molar-refractivity contribution in [1.82, 2.24) is 0 Å². The quantitative estimate of drug-likeness (QED) is 0.315. The number of halogens is 4. The fraction of sp³-hybridized carbons (Fsp3) is 0.240. The fourth-order valence-electron chi connectivity index (χ4n) is 2.88. The van der Waals surface area contributed by atoms with Crippen molar-refractivity contribution >= 4 is 53.0 Å². The molecule has 0 radical (unpaired) electrons. The second kappa shape index (κ2) is 15.0. The maximum Gasteiger partial charge on any atom is 0.290 e. The van der Waals surface area contributed by atoms with E-state index in [1.54, 1.807) is 42.1 Å². The van der Waals surface area contributed by atoms with Crippen molar-refractivity contribution in [3.8, 4) is 22.6 Å². The number of hydrogen-bond donors (Lipinski definition) is 2. The zero-order chi connectivity index (χ0) is 25.8. The standard InChI is InChI=1S/C22H18Cl3FO2.C2H6S.CH2O2/c1-12(2)28-15-10-18(23)17(19(24)11-15)8-13-3-6-22(27)16(7-13)14-4-5-21(26)20(25)9-14;1-3-2;2-1-3/h3-7,9-12,27H,8H2,1-2H3;1-2H3;1H,(H,2,3). The fourth-order valence-corrected chi connectivity index (χ4v) is 3.66. The molecule has 0 aliphatic carbocycles. The molecule has 0 aliphatic rings. The van der Waals surface area contributed by atoms with Crippen LogP contribution >= 0.6 is 46.6 Å². The molecular weight excluding hydrogens is 522 g/mol. The molecule has 9 heteroatoms. The molecule has 0 unspecified atom stereocenters. The van der Waals surface area contributed by atoms with E-state index in [2.05, 4.69) is 0 Å². The first-order chi connectivity index (χ1) is 16.1. The largest absolute Gasteiger partial charge is 0.507 e. The number of benzene rings is 3. The topological polar surface area (TPSA) is 66.8 Å². The van der Waals surface area contributed by atoms with E-state index in [0.29, 0.717) is 33.3 Å². The molecule has 0 atom stereocenters. The van der Waals surface area contributed by atoms with Crippen LogP contribution in [0.15, 0.2) is 48.5 Å². The number of hydrogen-bond acceptors (Lipinski definition) is 4. The SMILES string of the molecule is CC(C)Oc1cc(Cl)c(Cc2ccc(O)c(-c3ccc(F)c(Cl)c3)c2)c(Cl)c1.CSC.O=CO. The summed E-state index contributed by atoms with van der Waals surface area (Å²) >= 11 is 20.5. The van der Waals surface area contributed by atoms with Crippen LogP contribution in [0.4, 0.5) is 4.39 Å². The molecule has 0 fully saturated rings. The minimum absolute atomic E-state index is 0.00543. The van der Waals surface area contributed by atoms with Crippen molar-refractivity contribution in [1.29, 1.82) is 0 Å². The Kier molecular flexibility index (Phi) is 13.2. The van der Waals surface area contributed by atoms with Gasteiger partial charge in [-0.15, -0.1) is 0 Å². The number of thioether (sulfide) groups is 1. The highest BCUT2D eigenvalue weighted by Crippen LogP contribution is 2.36. The van der Waals surface area contributed by atoms with Gasteiger partial charge in [-0.1, -0.05) is 46.9 Å². The Morgan fingerprint density at radius 1 is 1.00 bits per heavy atom. The predicted octanol–water partition coefficient (Wildman–Crippen LogP) is 8.22. The summed E-state index contributed by atoms with van der Waals surface area (Å²) in [5.41, 5.74) is 2.80. The van der Waals surface area contributed by atoms with Gasteiger partial charge in [-0.05, 0) is 79.4 Å². The molecule has 0 spiro atoms. The predicted molar refractivity (Wildman–Crippen MR) is 142 cm³/mol. The molecule has 34 heavy (non-hydrogen) atoms. The van der Waals surface area contributed by atoms with Crippen molar-refractivity contribution < 1.29 is 24.1 Å². The first-order valence-corrected chi connectivity index (χ1v) is 12.7. The van der Waals surface area contributed by atoms with Crippen molar-refractivity contribution in [2.24, 2.45) is 0 Å². The van der Waals surface area contributed by atoms with Gasteiger partial charge in [-0.3, -0.25) is 4.79 Å². The van der Waals surface area contributed by atoms with Gasteiger partial charge in [0.25, 0.3) is 6.47 Å². The van der Waals surface area contributed by atoms with Crippen LogP contribution in [0.25, 0.3) is 11.1 Å². The Morgan fingerprint density at radius 3 is 2.06 bits per heavy atom. The molecule has 3 rings (SSSR count). The van der Waals surface area contributed by atoms with Crippen LogP contribution in [0.1, 0.15) is 25.0 Å². The molecule has 0 heterocycles. The Bertz CT molecular complexity index is 1070. The lowest BCUT2D eigenvalue weighted by Crippen LogP contribution is -2.06. The van der Waals surface area contributed by atoms with Gasteiger partial charge in [0, 0.05) is 22.0 Å². The molecule has 3 aromatic carbocycles. The monoisotopic (exact) mass is 546 g/mol. The van der Waals surface area contributed by atoms with Crippen molar-refractivity contribution in [3.63, 3.8) is 0 Å². The molecule has 184 valence electrons. The van der Waals surface area contributed by atoms with Crippen LogP contribution < -0.4 is 4.74 Å². The van der Waals surface area contributed by atoms with Gasteiger partial charge in [0.1, 0.15) is 17.3 Å². The highest BCUT2D eigenvalue weighted by molar-refractivity contribution is 7.97. The summed E-state index contributed by atoms with van der Waals surface area (Å²) in [7, 11) is 0. The highest BCUT2D eigenvalue weighted by atomic mass is 35.5. The number of phenolic OH excluding ortho intramolecular Hbond substituents is 1. The van der Waals surface area contributed by atoms with Crippen LogP contribution in [0.3, 0.4) is 0 Å². The molecule has 0 aromatic heterocycles. The molecule has 2 N–H and O–H groups in total. The van der Waals surface area contributed by atoms with Gasteiger partial charge in [-0.25, -0.2) is 4.39 Å². The van der Waals surface area contributed by atoms with Crippen LogP contribution in [0.5, 0.6) is 11.5 Å². The summed E-state index contributed by atoms with van der Waals surface area (Å²) in [4.78, 5) is 8.36. The zero-order valence-corrected chi connectivity index (χ0v) is 22.2. The van der Waals surface area contributed by atoms with E-state index in [4.69, 9.17) is 49.4 Å². The van der Waals surface area contributed by atoms with E-state index in [1.165, 1.54) is 12.1 Å². The average Bonchev–Trinajstić information content (AvgIpc) is 2.74. The van der Waals surface area contributed by atoms with Crippen LogP contribution in [-0.2, 0) is 11.2 Å². The lowest BCUT2D eigenvalue weighted by Gasteiger charge is -2.14.